The van der Waals surface area contributed by atoms with Crippen LogP contribution in [0.3, 0.4) is 0 Å². The average Bonchev–Trinajstić information content (AvgIpc) is 3.36. The van der Waals surface area contributed by atoms with E-state index in [1.807, 2.05) is 24.3 Å². The molecule has 2 aromatic rings. The summed E-state index contributed by atoms with van der Waals surface area (Å²) in [6.45, 7) is 1.12. The van der Waals surface area contributed by atoms with Gasteiger partial charge in [0.25, 0.3) is 0 Å². The van der Waals surface area contributed by atoms with Gasteiger partial charge in [-0.1, -0.05) is 17.3 Å². The zero-order chi connectivity index (χ0) is 18.2. The largest absolute Gasteiger partial charge is 0.493 e. The maximum atomic E-state index is 6.27. The lowest BCUT2D eigenvalue weighted by Gasteiger charge is -2.20. The van der Waals surface area contributed by atoms with Crippen molar-refractivity contribution in [3.8, 4) is 11.5 Å². The molecule has 0 saturated heterocycles. The van der Waals surface area contributed by atoms with Gasteiger partial charge < -0.3 is 24.6 Å². The number of guanidine groups is 1. The van der Waals surface area contributed by atoms with E-state index < -0.39 is 0 Å². The standard InChI is InChI=1S/C19H26N4O3.HI/c1-20-19(22-13-15-10-11-25-23-15)21-12-14-6-5-9-17(24-2)18(14)26-16-7-3-4-8-16;/h5-6,9-11,16H,3-4,7-8,12-13H2,1-2H3,(H2,20,21,22);1H. The SMILES string of the molecule is CN=C(NCc1ccon1)NCc1cccc(OC)c1OC1CCCC1.I. The van der Waals surface area contributed by atoms with Crippen molar-refractivity contribution in [2.24, 2.45) is 4.99 Å². The molecule has 0 radical (unpaired) electrons. The van der Waals surface area contributed by atoms with Crippen molar-refractivity contribution in [2.45, 2.75) is 44.9 Å². The molecule has 1 aromatic heterocycles. The average molecular weight is 486 g/mol. The summed E-state index contributed by atoms with van der Waals surface area (Å²) in [5, 5.41) is 10.4. The molecular weight excluding hydrogens is 459 g/mol. The van der Waals surface area contributed by atoms with E-state index in [1.165, 1.54) is 12.8 Å². The number of ether oxygens (including phenoxy) is 2. The highest BCUT2D eigenvalue weighted by Crippen LogP contribution is 2.34. The van der Waals surface area contributed by atoms with Crippen LogP contribution in [-0.4, -0.2) is 31.4 Å². The van der Waals surface area contributed by atoms with Crippen LogP contribution in [0.15, 0.2) is 40.0 Å². The third-order valence-corrected chi connectivity index (χ3v) is 4.47. The van der Waals surface area contributed by atoms with Crippen molar-refractivity contribution in [3.63, 3.8) is 0 Å². The Morgan fingerprint density at radius 3 is 2.67 bits per heavy atom. The van der Waals surface area contributed by atoms with E-state index in [4.69, 9.17) is 14.0 Å². The van der Waals surface area contributed by atoms with Crippen LogP contribution in [0.1, 0.15) is 36.9 Å². The number of para-hydroxylation sites is 1. The Labute approximate surface area is 176 Å². The number of aromatic nitrogens is 1. The molecule has 1 aliphatic carbocycles. The lowest BCUT2D eigenvalue weighted by molar-refractivity contribution is 0.198. The van der Waals surface area contributed by atoms with Gasteiger partial charge >= 0.3 is 0 Å². The second-order valence-electron chi connectivity index (χ2n) is 6.24. The maximum absolute atomic E-state index is 6.27. The number of methoxy groups -OCH3 is 1. The summed E-state index contributed by atoms with van der Waals surface area (Å²) in [6.07, 6.45) is 6.49. The first kappa shape index (κ1) is 21.3. The Morgan fingerprint density at radius 2 is 2.00 bits per heavy atom. The molecule has 2 N–H and O–H groups in total. The quantitative estimate of drug-likeness (QED) is 0.355. The molecule has 27 heavy (non-hydrogen) atoms. The van der Waals surface area contributed by atoms with Crippen molar-refractivity contribution >= 4 is 29.9 Å². The zero-order valence-corrected chi connectivity index (χ0v) is 18.1. The van der Waals surface area contributed by atoms with E-state index in [0.717, 1.165) is 35.6 Å². The number of benzene rings is 1. The van der Waals surface area contributed by atoms with Gasteiger partial charge in [0.15, 0.2) is 17.5 Å². The van der Waals surface area contributed by atoms with Crippen LogP contribution in [-0.2, 0) is 13.1 Å². The number of nitrogens with zero attached hydrogens (tertiary/aromatic N) is 2. The molecule has 7 nitrogen and oxygen atoms in total. The number of aliphatic imine (C=N–C) groups is 1. The molecule has 1 heterocycles. The highest BCUT2D eigenvalue weighted by molar-refractivity contribution is 14.0. The molecular formula is C19H27IN4O3. The van der Waals surface area contributed by atoms with E-state index >= 15 is 0 Å². The van der Waals surface area contributed by atoms with Gasteiger partial charge in [-0.2, -0.15) is 0 Å². The van der Waals surface area contributed by atoms with Crippen LogP contribution >= 0.6 is 24.0 Å². The minimum atomic E-state index is 0. The fraction of sp³-hybridized carbons (Fsp3) is 0.474. The summed E-state index contributed by atoms with van der Waals surface area (Å²) in [7, 11) is 3.41. The zero-order valence-electron chi connectivity index (χ0n) is 15.7. The number of hydrogen-bond donors (Lipinski definition) is 2. The summed E-state index contributed by atoms with van der Waals surface area (Å²) >= 11 is 0. The monoisotopic (exact) mass is 486 g/mol. The molecule has 0 amide bonds. The molecule has 148 valence electrons. The Morgan fingerprint density at radius 1 is 1.22 bits per heavy atom. The lowest BCUT2D eigenvalue weighted by atomic mass is 10.1. The molecule has 0 aliphatic heterocycles. The third kappa shape index (κ3) is 6.02. The number of nitrogens with one attached hydrogen (secondary N) is 2. The summed E-state index contributed by atoms with van der Waals surface area (Å²) in [5.41, 5.74) is 1.86. The van der Waals surface area contributed by atoms with Gasteiger partial charge in [0.2, 0.25) is 0 Å². The van der Waals surface area contributed by atoms with Crippen LogP contribution in [0.2, 0.25) is 0 Å². The Hall–Kier alpha value is -1.97. The second kappa shape index (κ2) is 11.0. The summed E-state index contributed by atoms with van der Waals surface area (Å²) < 4.78 is 16.6. The molecule has 8 heteroatoms. The highest BCUT2D eigenvalue weighted by atomic mass is 127. The highest BCUT2D eigenvalue weighted by Gasteiger charge is 2.20. The third-order valence-electron chi connectivity index (χ3n) is 4.47. The molecule has 3 rings (SSSR count). The first-order valence-corrected chi connectivity index (χ1v) is 8.96. The molecule has 1 aromatic carbocycles. The van der Waals surface area contributed by atoms with Crippen LogP contribution in [0.4, 0.5) is 0 Å². The second-order valence-corrected chi connectivity index (χ2v) is 6.24. The minimum Gasteiger partial charge on any atom is -0.493 e. The van der Waals surface area contributed by atoms with Crippen LogP contribution in [0.5, 0.6) is 11.5 Å². The molecule has 0 unspecified atom stereocenters. The van der Waals surface area contributed by atoms with Crippen LogP contribution in [0, 0.1) is 0 Å². The molecule has 0 bridgehead atoms. The summed E-state index contributed by atoms with van der Waals surface area (Å²) in [6, 6.07) is 7.77. The Balaban J connectivity index is 0.00000261. The summed E-state index contributed by atoms with van der Waals surface area (Å²) in [5.74, 6) is 2.27. The van der Waals surface area contributed by atoms with Gasteiger partial charge in [0, 0.05) is 25.2 Å². The van der Waals surface area contributed by atoms with E-state index in [1.54, 1.807) is 20.4 Å². The lowest BCUT2D eigenvalue weighted by Crippen LogP contribution is -2.36. The van der Waals surface area contributed by atoms with Gasteiger partial charge in [0.05, 0.1) is 19.8 Å². The van der Waals surface area contributed by atoms with Crippen molar-refractivity contribution in [1.82, 2.24) is 15.8 Å². The van der Waals surface area contributed by atoms with Gasteiger partial charge in [0.1, 0.15) is 12.0 Å². The van der Waals surface area contributed by atoms with Crippen molar-refractivity contribution in [3.05, 3.63) is 41.8 Å². The predicted octanol–water partition coefficient (Wildman–Crippen LogP) is 3.49. The smallest absolute Gasteiger partial charge is 0.191 e. The van der Waals surface area contributed by atoms with E-state index in [9.17, 15) is 0 Å². The Kier molecular flexibility index (Phi) is 8.70. The van der Waals surface area contributed by atoms with Crippen molar-refractivity contribution in [2.75, 3.05) is 14.2 Å². The van der Waals surface area contributed by atoms with E-state index in [-0.39, 0.29) is 30.1 Å². The first-order valence-electron chi connectivity index (χ1n) is 8.96. The molecule has 1 aliphatic rings. The molecule has 1 fully saturated rings. The number of halogens is 1. The van der Waals surface area contributed by atoms with Crippen LogP contribution in [0.25, 0.3) is 0 Å². The normalized spacial score (nSPS) is 14.5. The minimum absolute atomic E-state index is 0. The first-order chi connectivity index (χ1) is 12.8. The number of hydrogen-bond acceptors (Lipinski definition) is 5. The topological polar surface area (TPSA) is 80.9 Å². The summed E-state index contributed by atoms with van der Waals surface area (Å²) in [4.78, 5) is 4.24. The van der Waals surface area contributed by atoms with Gasteiger partial charge in [-0.15, -0.1) is 24.0 Å². The molecule has 1 saturated carbocycles. The van der Waals surface area contributed by atoms with Crippen molar-refractivity contribution < 1.29 is 14.0 Å². The van der Waals surface area contributed by atoms with Gasteiger partial charge in [-0.25, -0.2) is 0 Å². The fourth-order valence-electron chi connectivity index (χ4n) is 3.07. The Bertz CT molecular complexity index is 716. The van der Waals surface area contributed by atoms with E-state index in [2.05, 4.69) is 20.8 Å². The van der Waals surface area contributed by atoms with E-state index in [0.29, 0.717) is 19.0 Å². The van der Waals surface area contributed by atoms with Crippen LogP contribution < -0.4 is 20.1 Å². The predicted molar refractivity (Wildman–Crippen MR) is 115 cm³/mol. The molecule has 0 atom stereocenters. The number of rotatable bonds is 7. The molecule has 0 spiro atoms. The van der Waals surface area contributed by atoms with Crippen molar-refractivity contribution in [1.29, 1.82) is 0 Å². The fourth-order valence-corrected chi connectivity index (χ4v) is 3.07. The van der Waals surface area contributed by atoms with Gasteiger partial charge in [-0.3, -0.25) is 4.99 Å². The maximum Gasteiger partial charge on any atom is 0.191 e. The van der Waals surface area contributed by atoms with Gasteiger partial charge in [-0.05, 0) is 31.7 Å².